The van der Waals surface area contributed by atoms with Crippen molar-refractivity contribution in [1.29, 1.82) is 0 Å². The van der Waals surface area contributed by atoms with Gasteiger partial charge in [-0.05, 0) is 37.1 Å². The first-order valence-corrected chi connectivity index (χ1v) is 7.41. The summed E-state index contributed by atoms with van der Waals surface area (Å²) in [6, 6.07) is 9.60. The Kier molecular flexibility index (Phi) is 3.47. The summed E-state index contributed by atoms with van der Waals surface area (Å²) in [7, 11) is 0. The first-order valence-electron chi connectivity index (χ1n) is 6.62. The van der Waals surface area contributed by atoms with Gasteiger partial charge in [0.2, 0.25) is 0 Å². The fraction of sp³-hybridized carbons (Fsp3) is 0.188. The predicted molar refractivity (Wildman–Crippen MR) is 86.6 cm³/mol. The van der Waals surface area contributed by atoms with Crippen molar-refractivity contribution in [3.63, 3.8) is 0 Å². The average Bonchev–Trinajstić information content (AvgIpc) is 2.79. The lowest BCUT2D eigenvalue weighted by atomic mass is 9.95. The third-order valence-corrected chi connectivity index (χ3v) is 4.34. The molecule has 3 N–H and O–H groups in total. The lowest BCUT2D eigenvalue weighted by Crippen LogP contribution is -2.03. The highest BCUT2D eigenvalue weighted by molar-refractivity contribution is 9.10. The van der Waals surface area contributed by atoms with E-state index in [0.29, 0.717) is 11.0 Å². The molecule has 0 aliphatic rings. The number of nitrogens with one attached hydrogen (secondary N) is 2. The Morgan fingerprint density at radius 1 is 1.05 bits per heavy atom. The molecule has 108 valence electrons. The van der Waals surface area contributed by atoms with Gasteiger partial charge in [-0.2, -0.15) is 0 Å². The highest BCUT2D eigenvalue weighted by Gasteiger charge is 2.17. The SMILES string of the molecule is Cc1ccc(C)c(C(O)c2cc3[nH]c(=O)[nH]c3cc2Br)c1. The number of rotatable bonds is 2. The van der Waals surface area contributed by atoms with Crippen molar-refractivity contribution < 1.29 is 5.11 Å². The van der Waals surface area contributed by atoms with E-state index in [-0.39, 0.29) is 5.69 Å². The van der Waals surface area contributed by atoms with Crippen LogP contribution in [0.4, 0.5) is 0 Å². The van der Waals surface area contributed by atoms with Crippen molar-refractivity contribution in [2.45, 2.75) is 20.0 Å². The molecular formula is C16H15BrN2O2. The van der Waals surface area contributed by atoms with Crippen molar-refractivity contribution in [3.05, 3.63) is 67.5 Å². The van der Waals surface area contributed by atoms with E-state index in [9.17, 15) is 9.90 Å². The second-order valence-electron chi connectivity index (χ2n) is 5.26. The van der Waals surface area contributed by atoms with E-state index in [1.165, 1.54) is 0 Å². The Morgan fingerprint density at radius 2 is 1.71 bits per heavy atom. The van der Waals surface area contributed by atoms with Crippen LogP contribution in [0.2, 0.25) is 0 Å². The summed E-state index contributed by atoms with van der Waals surface area (Å²) in [6.45, 7) is 3.97. The van der Waals surface area contributed by atoms with Gasteiger partial charge in [0.05, 0.1) is 11.0 Å². The van der Waals surface area contributed by atoms with Crippen molar-refractivity contribution in [2.75, 3.05) is 0 Å². The maximum absolute atomic E-state index is 11.4. The molecule has 21 heavy (non-hydrogen) atoms. The molecule has 3 aromatic rings. The molecule has 0 aliphatic heterocycles. The van der Waals surface area contributed by atoms with Crippen molar-refractivity contribution in [3.8, 4) is 0 Å². The normalized spacial score (nSPS) is 12.8. The number of hydrogen-bond acceptors (Lipinski definition) is 2. The van der Waals surface area contributed by atoms with Gasteiger partial charge < -0.3 is 15.1 Å². The molecule has 0 radical (unpaired) electrons. The zero-order chi connectivity index (χ0) is 15.1. The number of hydrogen-bond donors (Lipinski definition) is 3. The van der Waals surface area contributed by atoms with E-state index in [4.69, 9.17) is 0 Å². The second kappa shape index (κ2) is 5.16. The summed E-state index contributed by atoms with van der Waals surface area (Å²) in [5.74, 6) is 0. The molecule has 1 heterocycles. The van der Waals surface area contributed by atoms with Crippen LogP contribution in [-0.2, 0) is 0 Å². The van der Waals surface area contributed by atoms with Gasteiger partial charge in [-0.3, -0.25) is 0 Å². The summed E-state index contributed by atoms with van der Waals surface area (Å²) in [5.41, 5.74) is 4.87. The fourth-order valence-electron chi connectivity index (χ4n) is 2.50. The maximum atomic E-state index is 11.4. The number of aromatic amines is 2. The van der Waals surface area contributed by atoms with Gasteiger partial charge in [-0.1, -0.05) is 39.7 Å². The smallest absolute Gasteiger partial charge is 0.323 e. The minimum absolute atomic E-state index is 0.254. The van der Waals surface area contributed by atoms with E-state index in [0.717, 1.165) is 26.7 Å². The number of aliphatic hydroxyl groups excluding tert-OH is 1. The molecule has 0 fully saturated rings. The van der Waals surface area contributed by atoms with Crippen LogP contribution < -0.4 is 5.69 Å². The molecule has 1 atom stereocenters. The summed E-state index contributed by atoms with van der Waals surface area (Å²) in [6.07, 6.45) is -0.748. The number of aliphatic hydroxyl groups is 1. The van der Waals surface area contributed by atoms with Crippen molar-refractivity contribution in [2.24, 2.45) is 0 Å². The number of aryl methyl sites for hydroxylation is 2. The Bertz CT molecular complexity index is 880. The lowest BCUT2D eigenvalue weighted by molar-refractivity contribution is 0.219. The van der Waals surface area contributed by atoms with Crippen LogP contribution >= 0.6 is 15.9 Å². The van der Waals surface area contributed by atoms with Crippen LogP contribution in [0, 0.1) is 13.8 Å². The quantitative estimate of drug-likeness (QED) is 0.666. The molecular weight excluding hydrogens is 332 g/mol. The first kappa shape index (κ1) is 14.1. The zero-order valence-electron chi connectivity index (χ0n) is 11.7. The standard InChI is InChI=1S/C16H15BrN2O2/c1-8-3-4-9(2)10(5-8)15(20)11-6-13-14(7-12(11)17)19-16(21)18-13/h3-7,15,20H,1-2H3,(H2,18,19,21). The molecule has 0 spiro atoms. The number of fused-ring (bicyclic) bond motifs is 1. The monoisotopic (exact) mass is 346 g/mol. The lowest BCUT2D eigenvalue weighted by Gasteiger charge is -2.16. The predicted octanol–water partition coefficient (Wildman–Crippen LogP) is 3.32. The van der Waals surface area contributed by atoms with Gasteiger partial charge in [-0.15, -0.1) is 0 Å². The van der Waals surface area contributed by atoms with Gasteiger partial charge in [0.15, 0.2) is 0 Å². The number of halogens is 1. The molecule has 2 aromatic carbocycles. The number of H-pyrrole nitrogens is 2. The van der Waals surface area contributed by atoms with Gasteiger partial charge in [0.25, 0.3) is 0 Å². The van der Waals surface area contributed by atoms with Crippen LogP contribution in [0.3, 0.4) is 0 Å². The molecule has 0 aliphatic carbocycles. The van der Waals surface area contributed by atoms with Gasteiger partial charge in [-0.25, -0.2) is 4.79 Å². The van der Waals surface area contributed by atoms with Crippen LogP contribution in [0.25, 0.3) is 11.0 Å². The topological polar surface area (TPSA) is 68.9 Å². The van der Waals surface area contributed by atoms with Crippen LogP contribution in [0.1, 0.15) is 28.4 Å². The molecule has 0 saturated carbocycles. The minimum atomic E-state index is -0.748. The molecule has 0 saturated heterocycles. The Hall–Kier alpha value is -1.85. The Balaban J connectivity index is 2.16. The van der Waals surface area contributed by atoms with Gasteiger partial charge in [0.1, 0.15) is 6.10 Å². The van der Waals surface area contributed by atoms with E-state index in [2.05, 4.69) is 25.9 Å². The Labute approximate surface area is 130 Å². The van der Waals surface area contributed by atoms with Crippen LogP contribution in [0.15, 0.2) is 39.6 Å². The maximum Gasteiger partial charge on any atom is 0.323 e. The van der Waals surface area contributed by atoms with E-state index in [1.807, 2.05) is 32.0 Å². The third-order valence-electron chi connectivity index (χ3n) is 3.66. The summed E-state index contributed by atoms with van der Waals surface area (Å²) < 4.78 is 0.763. The molecule has 3 rings (SSSR count). The average molecular weight is 347 g/mol. The molecule has 4 nitrogen and oxygen atoms in total. The van der Waals surface area contributed by atoms with E-state index in [1.54, 1.807) is 12.1 Å². The largest absolute Gasteiger partial charge is 0.384 e. The highest BCUT2D eigenvalue weighted by atomic mass is 79.9. The molecule has 5 heteroatoms. The highest BCUT2D eigenvalue weighted by Crippen LogP contribution is 2.32. The second-order valence-corrected chi connectivity index (χ2v) is 6.12. The molecule has 1 unspecified atom stereocenters. The van der Waals surface area contributed by atoms with Gasteiger partial charge in [0, 0.05) is 10.0 Å². The summed E-state index contributed by atoms with van der Waals surface area (Å²) >= 11 is 3.47. The molecule has 0 bridgehead atoms. The third kappa shape index (κ3) is 2.54. The molecule has 1 aromatic heterocycles. The minimum Gasteiger partial charge on any atom is -0.384 e. The van der Waals surface area contributed by atoms with Gasteiger partial charge >= 0.3 is 5.69 Å². The van der Waals surface area contributed by atoms with Crippen molar-refractivity contribution >= 4 is 27.0 Å². The fourth-order valence-corrected chi connectivity index (χ4v) is 3.06. The summed E-state index contributed by atoms with van der Waals surface area (Å²) in [4.78, 5) is 16.8. The van der Waals surface area contributed by atoms with Crippen LogP contribution in [-0.4, -0.2) is 15.1 Å². The summed E-state index contributed by atoms with van der Waals surface area (Å²) in [5, 5.41) is 10.7. The van der Waals surface area contributed by atoms with Crippen molar-refractivity contribution in [1.82, 2.24) is 9.97 Å². The number of aromatic nitrogens is 2. The number of imidazole rings is 1. The van der Waals surface area contributed by atoms with E-state index >= 15 is 0 Å². The number of benzene rings is 2. The zero-order valence-corrected chi connectivity index (χ0v) is 13.3. The molecule has 0 amide bonds. The van der Waals surface area contributed by atoms with E-state index < -0.39 is 6.10 Å². The Morgan fingerprint density at radius 3 is 2.43 bits per heavy atom. The van der Waals surface area contributed by atoms with Crippen LogP contribution in [0.5, 0.6) is 0 Å². The first-order chi connectivity index (χ1) is 9.95.